The van der Waals surface area contributed by atoms with Crippen molar-refractivity contribution >= 4 is 24.0 Å². The first kappa shape index (κ1) is 15.5. The van der Waals surface area contributed by atoms with E-state index in [2.05, 4.69) is 33.1 Å². The van der Waals surface area contributed by atoms with Crippen LogP contribution in [-0.2, 0) is 24.3 Å². The minimum atomic E-state index is -0.00998. The summed E-state index contributed by atoms with van der Waals surface area (Å²) in [5.41, 5.74) is 3.49. The molecule has 0 radical (unpaired) electrons. The van der Waals surface area contributed by atoms with E-state index in [0.717, 1.165) is 25.2 Å². The molecule has 0 unspecified atom stereocenters. The monoisotopic (exact) mass is 307 g/mol. The molecule has 0 spiro atoms. The Balaban J connectivity index is 0.00000161. The Labute approximate surface area is 129 Å². The number of hydrogen-bond donors (Lipinski definition) is 2. The molecule has 1 amide bonds. The lowest BCUT2D eigenvalue weighted by molar-refractivity contribution is -0.116. The van der Waals surface area contributed by atoms with E-state index in [0.29, 0.717) is 13.0 Å². The highest BCUT2D eigenvalue weighted by Crippen LogP contribution is 2.19. The van der Waals surface area contributed by atoms with E-state index in [9.17, 15) is 4.79 Å². The number of amides is 1. The van der Waals surface area contributed by atoms with Crippen molar-refractivity contribution in [1.82, 2.24) is 20.3 Å². The molecular formula is C14H18ClN5O. The number of anilines is 1. The number of nitrogens with zero attached hydrogens (tertiary/aromatic N) is 3. The van der Waals surface area contributed by atoms with Crippen LogP contribution in [0, 0.1) is 0 Å². The van der Waals surface area contributed by atoms with Crippen molar-refractivity contribution in [2.24, 2.45) is 0 Å². The fraction of sp³-hybridized carbons (Fsp3) is 0.357. The van der Waals surface area contributed by atoms with Gasteiger partial charge in [-0.1, -0.05) is 11.3 Å². The van der Waals surface area contributed by atoms with Crippen molar-refractivity contribution in [3.8, 4) is 0 Å². The van der Waals surface area contributed by atoms with Crippen molar-refractivity contribution < 1.29 is 4.79 Å². The van der Waals surface area contributed by atoms with Gasteiger partial charge in [0.25, 0.3) is 0 Å². The van der Waals surface area contributed by atoms with Gasteiger partial charge in [0.05, 0.1) is 12.7 Å². The van der Waals surface area contributed by atoms with Gasteiger partial charge in [0.1, 0.15) is 0 Å². The molecule has 2 N–H and O–H groups in total. The van der Waals surface area contributed by atoms with Crippen LogP contribution >= 0.6 is 12.4 Å². The molecule has 7 heteroatoms. The van der Waals surface area contributed by atoms with Crippen LogP contribution < -0.4 is 10.6 Å². The maximum atomic E-state index is 11.9. The molecule has 1 aliphatic rings. The fourth-order valence-electron chi connectivity index (χ4n) is 2.35. The van der Waals surface area contributed by atoms with Gasteiger partial charge in [-0.25, -0.2) is 0 Å². The molecule has 1 aliphatic heterocycles. The number of rotatable bonds is 4. The average molecular weight is 308 g/mol. The lowest BCUT2D eigenvalue weighted by atomic mass is 10.0. The molecule has 0 fully saturated rings. The third-order valence-electron chi connectivity index (χ3n) is 3.42. The normalized spacial score (nSPS) is 13.1. The van der Waals surface area contributed by atoms with Gasteiger partial charge in [-0.2, -0.15) is 0 Å². The lowest BCUT2D eigenvalue weighted by Crippen LogP contribution is -2.24. The minimum Gasteiger partial charge on any atom is -0.326 e. The molecule has 3 rings (SSSR count). The predicted octanol–water partition coefficient (Wildman–Crippen LogP) is 1.37. The maximum Gasteiger partial charge on any atom is 0.226 e. The standard InChI is InChI=1S/C14H17N5O.ClH/c20-14(4-7-19-8-6-16-18-19)17-13-2-1-11-3-5-15-10-12(11)9-13;/h1-2,6,8-9,15H,3-5,7,10H2,(H,17,20);1H. The number of carbonyl (C=O) groups excluding carboxylic acids is 1. The van der Waals surface area contributed by atoms with Crippen molar-refractivity contribution in [2.75, 3.05) is 11.9 Å². The quantitative estimate of drug-likeness (QED) is 0.895. The van der Waals surface area contributed by atoms with Crippen LogP contribution in [0.15, 0.2) is 30.6 Å². The average Bonchev–Trinajstić information content (AvgIpc) is 2.98. The first-order valence-corrected chi connectivity index (χ1v) is 6.78. The molecule has 1 aromatic carbocycles. The van der Waals surface area contributed by atoms with Crippen molar-refractivity contribution in [3.05, 3.63) is 41.7 Å². The summed E-state index contributed by atoms with van der Waals surface area (Å²) in [5.74, 6) is -0.00998. The second-order valence-electron chi connectivity index (χ2n) is 4.87. The van der Waals surface area contributed by atoms with Gasteiger partial charge in [-0.15, -0.1) is 17.5 Å². The van der Waals surface area contributed by atoms with E-state index < -0.39 is 0 Å². The van der Waals surface area contributed by atoms with Crippen molar-refractivity contribution in [2.45, 2.75) is 25.9 Å². The molecule has 0 atom stereocenters. The summed E-state index contributed by atoms with van der Waals surface area (Å²) in [6.45, 7) is 2.44. The Bertz CT molecular complexity index is 599. The van der Waals surface area contributed by atoms with Gasteiger partial charge in [0, 0.05) is 24.8 Å². The van der Waals surface area contributed by atoms with Gasteiger partial charge >= 0.3 is 0 Å². The molecule has 2 heterocycles. The van der Waals surface area contributed by atoms with Crippen molar-refractivity contribution in [3.63, 3.8) is 0 Å². The topological polar surface area (TPSA) is 71.8 Å². The zero-order chi connectivity index (χ0) is 13.8. The Morgan fingerprint density at radius 3 is 3.10 bits per heavy atom. The summed E-state index contributed by atoms with van der Waals surface area (Å²) in [6.07, 6.45) is 4.79. The maximum absolute atomic E-state index is 11.9. The lowest BCUT2D eigenvalue weighted by Gasteiger charge is -2.18. The first-order valence-electron chi connectivity index (χ1n) is 6.78. The van der Waals surface area contributed by atoms with Gasteiger partial charge in [0.2, 0.25) is 5.91 Å². The van der Waals surface area contributed by atoms with Crippen LogP contribution in [0.5, 0.6) is 0 Å². The molecule has 1 aromatic heterocycles. The van der Waals surface area contributed by atoms with E-state index >= 15 is 0 Å². The van der Waals surface area contributed by atoms with Gasteiger partial charge < -0.3 is 10.6 Å². The van der Waals surface area contributed by atoms with E-state index in [-0.39, 0.29) is 18.3 Å². The van der Waals surface area contributed by atoms with Gasteiger partial charge in [-0.3, -0.25) is 9.48 Å². The Morgan fingerprint density at radius 2 is 2.29 bits per heavy atom. The van der Waals surface area contributed by atoms with Crippen LogP contribution in [0.1, 0.15) is 17.5 Å². The molecule has 0 saturated carbocycles. The molecular weight excluding hydrogens is 290 g/mol. The largest absolute Gasteiger partial charge is 0.326 e. The molecule has 21 heavy (non-hydrogen) atoms. The molecule has 0 bridgehead atoms. The second kappa shape index (κ2) is 7.19. The number of carbonyl (C=O) groups is 1. The number of hydrogen-bond acceptors (Lipinski definition) is 4. The summed E-state index contributed by atoms with van der Waals surface area (Å²) in [6, 6.07) is 6.12. The third-order valence-corrected chi connectivity index (χ3v) is 3.42. The van der Waals surface area contributed by atoms with Crippen LogP contribution in [0.4, 0.5) is 5.69 Å². The number of benzene rings is 1. The molecule has 2 aromatic rings. The van der Waals surface area contributed by atoms with E-state index in [1.54, 1.807) is 17.1 Å². The first-order chi connectivity index (χ1) is 9.81. The Morgan fingerprint density at radius 1 is 1.38 bits per heavy atom. The highest BCUT2D eigenvalue weighted by atomic mass is 35.5. The fourth-order valence-corrected chi connectivity index (χ4v) is 2.35. The summed E-state index contributed by atoms with van der Waals surface area (Å²) in [5, 5.41) is 13.8. The molecule has 6 nitrogen and oxygen atoms in total. The van der Waals surface area contributed by atoms with Gasteiger partial charge in [-0.05, 0) is 36.2 Å². The highest BCUT2D eigenvalue weighted by molar-refractivity contribution is 5.90. The number of fused-ring (bicyclic) bond motifs is 1. The van der Waals surface area contributed by atoms with E-state index in [4.69, 9.17) is 0 Å². The summed E-state index contributed by atoms with van der Waals surface area (Å²) >= 11 is 0. The van der Waals surface area contributed by atoms with Crippen LogP contribution in [0.2, 0.25) is 0 Å². The van der Waals surface area contributed by atoms with Crippen molar-refractivity contribution in [1.29, 1.82) is 0 Å². The minimum absolute atomic E-state index is 0. The third kappa shape index (κ3) is 4.03. The number of halogens is 1. The molecule has 0 aliphatic carbocycles. The predicted molar refractivity (Wildman–Crippen MR) is 82.4 cm³/mol. The number of aryl methyl sites for hydroxylation is 1. The van der Waals surface area contributed by atoms with Gasteiger partial charge in [0.15, 0.2) is 0 Å². The zero-order valence-corrected chi connectivity index (χ0v) is 12.4. The SMILES string of the molecule is Cl.O=C(CCn1ccnn1)Nc1ccc2c(c1)CNCC2. The molecule has 0 saturated heterocycles. The molecule has 112 valence electrons. The van der Waals surface area contributed by atoms with E-state index in [1.165, 1.54) is 11.1 Å². The second-order valence-corrected chi connectivity index (χ2v) is 4.87. The summed E-state index contributed by atoms with van der Waals surface area (Å²) in [4.78, 5) is 11.9. The highest BCUT2D eigenvalue weighted by Gasteiger charge is 2.10. The van der Waals surface area contributed by atoms with Crippen LogP contribution in [0.3, 0.4) is 0 Å². The zero-order valence-electron chi connectivity index (χ0n) is 11.6. The Hall–Kier alpha value is -1.92. The summed E-state index contributed by atoms with van der Waals surface area (Å²) in [7, 11) is 0. The number of nitrogens with one attached hydrogen (secondary N) is 2. The Kier molecular flexibility index (Phi) is 5.30. The summed E-state index contributed by atoms with van der Waals surface area (Å²) < 4.78 is 1.65. The van der Waals surface area contributed by atoms with Crippen LogP contribution in [0.25, 0.3) is 0 Å². The van der Waals surface area contributed by atoms with E-state index in [1.807, 2.05) is 6.07 Å². The number of aromatic nitrogens is 3. The smallest absolute Gasteiger partial charge is 0.226 e. The van der Waals surface area contributed by atoms with Crippen LogP contribution in [-0.4, -0.2) is 27.4 Å².